The first-order valence-electron chi connectivity index (χ1n) is 8.56. The summed E-state index contributed by atoms with van der Waals surface area (Å²) in [6, 6.07) is 7.99. The summed E-state index contributed by atoms with van der Waals surface area (Å²) in [5, 5.41) is 3.09. The second-order valence-corrected chi connectivity index (χ2v) is 6.74. The van der Waals surface area contributed by atoms with Crippen LogP contribution in [-0.4, -0.2) is 62.1 Å². The van der Waals surface area contributed by atoms with E-state index < -0.39 is 5.97 Å². The van der Waals surface area contributed by atoms with E-state index in [9.17, 15) is 9.59 Å². The number of rotatable bonds is 4. The largest absolute Gasteiger partial charge is 0.465 e. The van der Waals surface area contributed by atoms with Crippen LogP contribution in [0.15, 0.2) is 36.5 Å². The summed E-state index contributed by atoms with van der Waals surface area (Å²) in [4.78, 5) is 33.1. The number of likely N-dealkylation sites (N-methyl/N-ethyl adjacent to an activating group) is 1. The normalized spacial score (nSPS) is 14.7. The topological polar surface area (TPSA) is 74.8 Å². The molecule has 3 rings (SSSR count). The van der Waals surface area contributed by atoms with Gasteiger partial charge in [0, 0.05) is 37.9 Å². The van der Waals surface area contributed by atoms with E-state index in [2.05, 4.69) is 27.1 Å². The molecule has 0 atom stereocenters. The molecule has 142 valence electrons. The van der Waals surface area contributed by atoms with E-state index in [4.69, 9.17) is 16.3 Å². The number of carbonyl (C=O) groups is 2. The minimum atomic E-state index is -0.497. The van der Waals surface area contributed by atoms with Crippen molar-refractivity contribution in [1.29, 1.82) is 0 Å². The molecule has 0 spiro atoms. The molecule has 1 amide bonds. The number of nitrogens with one attached hydrogen (secondary N) is 1. The lowest BCUT2D eigenvalue weighted by Gasteiger charge is -2.33. The number of esters is 1. The van der Waals surface area contributed by atoms with Gasteiger partial charge in [0.25, 0.3) is 5.91 Å². The minimum Gasteiger partial charge on any atom is -0.465 e. The molecule has 2 heterocycles. The Labute approximate surface area is 162 Å². The zero-order valence-electron chi connectivity index (χ0n) is 15.2. The number of halogens is 1. The van der Waals surface area contributed by atoms with Gasteiger partial charge in [0.05, 0.1) is 23.4 Å². The SMILES string of the molecule is COC(=O)c1ccc(Cl)c(NC(=O)c2ccnc(N3CCN(C)CC3)c2)c1. The predicted molar refractivity (Wildman–Crippen MR) is 105 cm³/mol. The number of methoxy groups -OCH3 is 1. The third-order valence-electron chi connectivity index (χ3n) is 4.47. The molecule has 1 aromatic carbocycles. The number of amides is 1. The first kappa shape index (κ1) is 19.1. The molecule has 1 aliphatic heterocycles. The number of ether oxygens (including phenoxy) is 1. The van der Waals surface area contributed by atoms with Gasteiger partial charge >= 0.3 is 5.97 Å². The highest BCUT2D eigenvalue weighted by Gasteiger charge is 2.17. The fourth-order valence-corrected chi connectivity index (χ4v) is 2.99. The molecule has 0 bridgehead atoms. The number of hydrogen-bond acceptors (Lipinski definition) is 6. The highest BCUT2D eigenvalue weighted by Crippen LogP contribution is 2.24. The van der Waals surface area contributed by atoms with E-state index in [0.717, 1.165) is 32.0 Å². The highest BCUT2D eigenvalue weighted by atomic mass is 35.5. The summed E-state index contributed by atoms with van der Waals surface area (Å²) in [7, 11) is 3.38. The van der Waals surface area contributed by atoms with Gasteiger partial charge in [-0.05, 0) is 37.4 Å². The smallest absolute Gasteiger partial charge is 0.337 e. The van der Waals surface area contributed by atoms with Crippen LogP contribution in [0.5, 0.6) is 0 Å². The van der Waals surface area contributed by atoms with Crippen LogP contribution >= 0.6 is 11.6 Å². The first-order chi connectivity index (χ1) is 13.0. The Kier molecular flexibility index (Phi) is 5.93. The zero-order valence-corrected chi connectivity index (χ0v) is 16.0. The van der Waals surface area contributed by atoms with Crippen LogP contribution in [0.1, 0.15) is 20.7 Å². The second kappa shape index (κ2) is 8.37. The van der Waals surface area contributed by atoms with Crippen molar-refractivity contribution < 1.29 is 14.3 Å². The van der Waals surface area contributed by atoms with Crippen LogP contribution in [0.2, 0.25) is 5.02 Å². The van der Waals surface area contributed by atoms with Gasteiger partial charge in [-0.2, -0.15) is 0 Å². The minimum absolute atomic E-state index is 0.310. The summed E-state index contributed by atoms with van der Waals surface area (Å²) in [5.41, 5.74) is 1.13. The molecular weight excluding hydrogens is 368 g/mol. The van der Waals surface area contributed by atoms with Crippen LogP contribution in [0.4, 0.5) is 11.5 Å². The van der Waals surface area contributed by atoms with Gasteiger partial charge in [0.1, 0.15) is 5.82 Å². The van der Waals surface area contributed by atoms with E-state index >= 15 is 0 Å². The number of carbonyl (C=O) groups excluding carboxylic acids is 2. The monoisotopic (exact) mass is 388 g/mol. The van der Waals surface area contributed by atoms with Gasteiger partial charge in [-0.25, -0.2) is 9.78 Å². The van der Waals surface area contributed by atoms with Crippen molar-refractivity contribution in [3.05, 3.63) is 52.7 Å². The van der Waals surface area contributed by atoms with Crippen molar-refractivity contribution in [2.75, 3.05) is 50.6 Å². The van der Waals surface area contributed by atoms with Crippen molar-refractivity contribution in [3.8, 4) is 0 Å². The number of hydrogen-bond donors (Lipinski definition) is 1. The lowest BCUT2D eigenvalue weighted by atomic mass is 10.2. The van der Waals surface area contributed by atoms with Crippen LogP contribution < -0.4 is 10.2 Å². The Balaban J connectivity index is 1.77. The molecule has 27 heavy (non-hydrogen) atoms. The third-order valence-corrected chi connectivity index (χ3v) is 4.80. The number of nitrogens with zero attached hydrogens (tertiary/aromatic N) is 3. The number of anilines is 2. The maximum Gasteiger partial charge on any atom is 0.337 e. The molecule has 1 saturated heterocycles. The fourth-order valence-electron chi connectivity index (χ4n) is 2.83. The fraction of sp³-hybridized carbons (Fsp3) is 0.316. The standard InChI is InChI=1S/C19H21ClN4O3/c1-23-7-9-24(10-8-23)17-12-13(5-6-21-17)18(25)22-16-11-14(19(26)27-2)3-4-15(16)20/h3-6,11-12H,7-10H2,1-2H3,(H,22,25). The van der Waals surface area contributed by atoms with E-state index in [-0.39, 0.29) is 5.91 Å². The Bertz CT molecular complexity index is 851. The van der Waals surface area contributed by atoms with Gasteiger partial charge in [-0.3, -0.25) is 4.79 Å². The van der Waals surface area contributed by atoms with Crippen molar-refractivity contribution in [2.24, 2.45) is 0 Å². The van der Waals surface area contributed by atoms with E-state index in [1.807, 2.05) is 0 Å². The number of pyridine rings is 1. The zero-order chi connectivity index (χ0) is 19.4. The van der Waals surface area contributed by atoms with Gasteiger partial charge in [0.15, 0.2) is 0 Å². The number of aromatic nitrogens is 1. The summed E-state index contributed by atoms with van der Waals surface area (Å²) >= 11 is 6.15. The molecule has 0 radical (unpaired) electrons. The summed E-state index contributed by atoms with van der Waals surface area (Å²) in [5.74, 6) is -0.0507. The van der Waals surface area contributed by atoms with Crippen LogP contribution in [-0.2, 0) is 4.74 Å². The second-order valence-electron chi connectivity index (χ2n) is 6.33. The number of piperazine rings is 1. The predicted octanol–water partition coefficient (Wildman–Crippen LogP) is 2.53. The molecule has 7 nitrogen and oxygen atoms in total. The van der Waals surface area contributed by atoms with Gasteiger partial charge in [-0.1, -0.05) is 11.6 Å². The van der Waals surface area contributed by atoms with Gasteiger partial charge in [-0.15, -0.1) is 0 Å². The Morgan fingerprint density at radius 3 is 2.56 bits per heavy atom. The van der Waals surface area contributed by atoms with E-state index in [1.165, 1.54) is 13.2 Å². The first-order valence-corrected chi connectivity index (χ1v) is 8.94. The maximum absolute atomic E-state index is 12.7. The maximum atomic E-state index is 12.7. The average molecular weight is 389 g/mol. The Hall–Kier alpha value is -2.64. The van der Waals surface area contributed by atoms with E-state index in [1.54, 1.807) is 30.5 Å². The molecule has 0 saturated carbocycles. The van der Waals surface area contributed by atoms with Crippen molar-refractivity contribution in [3.63, 3.8) is 0 Å². The molecule has 0 aliphatic carbocycles. The molecular formula is C19H21ClN4O3. The summed E-state index contributed by atoms with van der Waals surface area (Å²) < 4.78 is 4.70. The Morgan fingerprint density at radius 1 is 1.11 bits per heavy atom. The molecule has 1 fully saturated rings. The average Bonchev–Trinajstić information content (AvgIpc) is 2.69. The summed E-state index contributed by atoms with van der Waals surface area (Å²) in [6.07, 6.45) is 1.62. The quantitative estimate of drug-likeness (QED) is 0.811. The van der Waals surface area contributed by atoms with Crippen LogP contribution in [0, 0.1) is 0 Å². The van der Waals surface area contributed by atoms with Crippen molar-refractivity contribution >= 4 is 35.0 Å². The lowest BCUT2D eigenvalue weighted by Crippen LogP contribution is -2.44. The molecule has 2 aromatic rings. The summed E-state index contributed by atoms with van der Waals surface area (Å²) in [6.45, 7) is 3.63. The highest BCUT2D eigenvalue weighted by molar-refractivity contribution is 6.34. The molecule has 0 unspecified atom stereocenters. The molecule has 1 aromatic heterocycles. The van der Waals surface area contributed by atoms with Crippen LogP contribution in [0.25, 0.3) is 0 Å². The van der Waals surface area contributed by atoms with E-state index in [0.29, 0.717) is 21.8 Å². The Morgan fingerprint density at radius 2 is 1.85 bits per heavy atom. The molecule has 1 N–H and O–H groups in total. The third kappa shape index (κ3) is 4.56. The molecule has 8 heteroatoms. The lowest BCUT2D eigenvalue weighted by molar-refractivity contribution is 0.0600. The molecule has 1 aliphatic rings. The van der Waals surface area contributed by atoms with Crippen molar-refractivity contribution in [1.82, 2.24) is 9.88 Å². The number of benzene rings is 1. The van der Waals surface area contributed by atoms with Crippen LogP contribution in [0.3, 0.4) is 0 Å². The van der Waals surface area contributed by atoms with Gasteiger partial charge in [0.2, 0.25) is 0 Å². The van der Waals surface area contributed by atoms with Crippen molar-refractivity contribution in [2.45, 2.75) is 0 Å². The van der Waals surface area contributed by atoms with Gasteiger partial charge < -0.3 is 19.9 Å².